The quantitative estimate of drug-likeness (QED) is 0.319. The molecule has 0 saturated carbocycles. The third kappa shape index (κ3) is 4.56. The SMILES string of the molecule is C=C(c1ccccc1/C=C\C)c1ncc2c(N3CCCCCCC3)nc(SC)nc2c1F. The van der Waals surface area contributed by atoms with Crippen LogP contribution in [0.1, 0.15) is 55.8 Å². The van der Waals surface area contributed by atoms with Crippen molar-refractivity contribution in [2.45, 2.75) is 44.2 Å². The summed E-state index contributed by atoms with van der Waals surface area (Å²) in [5.74, 6) is 0.355. The highest BCUT2D eigenvalue weighted by molar-refractivity contribution is 7.98. The number of nitrogens with zero attached hydrogens (tertiary/aromatic N) is 4. The van der Waals surface area contributed by atoms with Gasteiger partial charge in [-0.25, -0.2) is 14.4 Å². The Labute approximate surface area is 193 Å². The molecule has 0 unspecified atom stereocenters. The Morgan fingerprint density at radius 3 is 2.53 bits per heavy atom. The van der Waals surface area contributed by atoms with Crippen LogP contribution < -0.4 is 4.90 Å². The van der Waals surface area contributed by atoms with Crippen molar-refractivity contribution in [3.05, 3.63) is 65.8 Å². The molecule has 0 atom stereocenters. The van der Waals surface area contributed by atoms with E-state index in [9.17, 15) is 0 Å². The van der Waals surface area contributed by atoms with Crippen LogP contribution >= 0.6 is 11.8 Å². The fourth-order valence-corrected chi connectivity index (χ4v) is 4.61. The van der Waals surface area contributed by atoms with Gasteiger partial charge >= 0.3 is 0 Å². The molecule has 1 aliphatic rings. The molecule has 0 spiro atoms. The third-order valence-corrected chi connectivity index (χ3v) is 6.45. The summed E-state index contributed by atoms with van der Waals surface area (Å²) in [6, 6.07) is 7.83. The molecular weight excluding hydrogens is 419 g/mol. The molecule has 32 heavy (non-hydrogen) atoms. The molecule has 2 aromatic heterocycles. The number of rotatable bonds is 5. The molecule has 0 aliphatic carbocycles. The number of halogens is 1. The average molecular weight is 449 g/mol. The standard InChI is InChI=1S/C26H29FN4S/c1-4-12-19-13-8-9-14-20(19)18(2)23-22(27)24-21(17-28-23)25(30-26(29-24)32-3)31-15-10-6-5-7-11-16-31/h4,8-9,12-14,17H,2,5-7,10-11,15-16H2,1,3H3/b12-4-. The molecule has 166 valence electrons. The van der Waals surface area contributed by atoms with E-state index in [0.29, 0.717) is 21.6 Å². The molecule has 3 heterocycles. The molecule has 0 amide bonds. The first kappa shape index (κ1) is 22.5. The van der Waals surface area contributed by atoms with Gasteiger partial charge in [-0.05, 0) is 37.1 Å². The normalized spacial score (nSPS) is 15.2. The van der Waals surface area contributed by atoms with Gasteiger partial charge in [0, 0.05) is 24.9 Å². The maximum atomic E-state index is 15.9. The Balaban J connectivity index is 1.83. The fourth-order valence-electron chi connectivity index (χ4n) is 4.25. The molecule has 0 bridgehead atoms. The van der Waals surface area contributed by atoms with Crippen LogP contribution in [-0.4, -0.2) is 34.3 Å². The molecule has 3 aromatic rings. The van der Waals surface area contributed by atoms with E-state index in [0.717, 1.165) is 42.9 Å². The second kappa shape index (κ2) is 10.3. The lowest BCUT2D eigenvalue weighted by Crippen LogP contribution is -2.28. The Morgan fingerprint density at radius 1 is 1.09 bits per heavy atom. The highest BCUT2D eigenvalue weighted by atomic mass is 32.2. The van der Waals surface area contributed by atoms with Crippen molar-refractivity contribution in [3.63, 3.8) is 0 Å². The molecule has 4 rings (SSSR count). The Hall–Kier alpha value is -2.73. The fraction of sp³-hybridized carbons (Fsp3) is 0.346. The van der Waals surface area contributed by atoms with E-state index in [-0.39, 0.29) is 5.69 Å². The van der Waals surface area contributed by atoms with Crippen LogP contribution in [0, 0.1) is 5.82 Å². The number of hydrogen-bond acceptors (Lipinski definition) is 5. The molecule has 0 N–H and O–H groups in total. The Bertz CT molecular complexity index is 1150. The minimum absolute atomic E-state index is 0.235. The Kier molecular flexibility index (Phi) is 7.20. The van der Waals surface area contributed by atoms with Crippen molar-refractivity contribution in [2.24, 2.45) is 0 Å². The van der Waals surface area contributed by atoms with Crippen LogP contribution in [0.15, 0.2) is 48.3 Å². The summed E-state index contributed by atoms with van der Waals surface area (Å²) in [4.78, 5) is 16.1. The monoisotopic (exact) mass is 448 g/mol. The van der Waals surface area contributed by atoms with Gasteiger partial charge in [0.15, 0.2) is 11.0 Å². The summed E-state index contributed by atoms with van der Waals surface area (Å²) in [6.45, 7) is 7.99. The van der Waals surface area contributed by atoms with E-state index in [2.05, 4.69) is 21.4 Å². The smallest absolute Gasteiger partial charge is 0.189 e. The number of anilines is 1. The molecule has 1 aromatic carbocycles. The van der Waals surface area contributed by atoms with Crippen LogP contribution in [0.5, 0.6) is 0 Å². The highest BCUT2D eigenvalue weighted by Crippen LogP contribution is 2.33. The first-order valence-electron chi connectivity index (χ1n) is 11.2. The number of pyridine rings is 1. The second-order valence-electron chi connectivity index (χ2n) is 8.04. The van der Waals surface area contributed by atoms with Crippen LogP contribution in [0.3, 0.4) is 0 Å². The summed E-state index contributed by atoms with van der Waals surface area (Å²) >= 11 is 1.43. The van der Waals surface area contributed by atoms with Gasteiger partial charge in [-0.15, -0.1) is 0 Å². The number of thioether (sulfide) groups is 1. The van der Waals surface area contributed by atoms with Crippen molar-refractivity contribution in [3.8, 4) is 0 Å². The van der Waals surface area contributed by atoms with Crippen LogP contribution in [0.4, 0.5) is 10.2 Å². The molecular formula is C26H29FN4S. The topological polar surface area (TPSA) is 41.9 Å². The van der Waals surface area contributed by atoms with E-state index in [4.69, 9.17) is 4.98 Å². The number of aromatic nitrogens is 3. The minimum atomic E-state index is -0.436. The van der Waals surface area contributed by atoms with Crippen molar-refractivity contribution in [1.82, 2.24) is 15.0 Å². The van der Waals surface area contributed by atoms with E-state index in [1.807, 2.05) is 49.6 Å². The molecule has 0 radical (unpaired) electrons. The zero-order chi connectivity index (χ0) is 22.5. The minimum Gasteiger partial charge on any atom is -0.356 e. The van der Waals surface area contributed by atoms with Crippen LogP contribution in [0.25, 0.3) is 22.6 Å². The molecule has 1 aliphatic heterocycles. The van der Waals surface area contributed by atoms with Crippen molar-refractivity contribution in [1.29, 1.82) is 0 Å². The molecule has 1 fully saturated rings. The van der Waals surface area contributed by atoms with Gasteiger partial charge in [0.1, 0.15) is 17.0 Å². The summed E-state index contributed by atoms with van der Waals surface area (Å²) in [5, 5.41) is 1.24. The first-order valence-corrected chi connectivity index (χ1v) is 12.4. The zero-order valence-corrected chi connectivity index (χ0v) is 19.6. The van der Waals surface area contributed by atoms with Gasteiger partial charge in [-0.3, -0.25) is 4.98 Å². The first-order chi connectivity index (χ1) is 15.6. The highest BCUT2D eigenvalue weighted by Gasteiger charge is 2.22. The van der Waals surface area contributed by atoms with Crippen molar-refractivity contribution in [2.75, 3.05) is 24.2 Å². The summed E-state index contributed by atoms with van der Waals surface area (Å²) in [5.41, 5.74) is 2.94. The number of hydrogen-bond donors (Lipinski definition) is 0. The Morgan fingerprint density at radius 2 is 1.81 bits per heavy atom. The van der Waals surface area contributed by atoms with E-state index >= 15 is 4.39 Å². The van der Waals surface area contributed by atoms with Gasteiger partial charge in [-0.2, -0.15) is 0 Å². The maximum absolute atomic E-state index is 15.9. The van der Waals surface area contributed by atoms with Crippen molar-refractivity contribution >= 4 is 40.1 Å². The largest absolute Gasteiger partial charge is 0.356 e. The number of benzene rings is 1. The van der Waals surface area contributed by atoms with Gasteiger partial charge in [-0.1, -0.05) is 74.0 Å². The third-order valence-electron chi connectivity index (χ3n) is 5.90. The molecule has 1 saturated heterocycles. The summed E-state index contributed by atoms with van der Waals surface area (Å²) in [6.07, 6.45) is 13.6. The lowest BCUT2D eigenvalue weighted by molar-refractivity contribution is 0.553. The van der Waals surface area contributed by atoms with E-state index in [1.165, 1.54) is 31.0 Å². The maximum Gasteiger partial charge on any atom is 0.189 e. The molecule has 6 heteroatoms. The van der Waals surface area contributed by atoms with Crippen LogP contribution in [0.2, 0.25) is 0 Å². The predicted molar refractivity (Wildman–Crippen MR) is 134 cm³/mol. The lowest BCUT2D eigenvalue weighted by atomic mass is 9.97. The lowest BCUT2D eigenvalue weighted by Gasteiger charge is -2.27. The van der Waals surface area contributed by atoms with Gasteiger partial charge in [0.2, 0.25) is 0 Å². The second-order valence-corrected chi connectivity index (χ2v) is 8.81. The number of fused-ring (bicyclic) bond motifs is 1. The van der Waals surface area contributed by atoms with Crippen LogP contribution in [-0.2, 0) is 0 Å². The zero-order valence-electron chi connectivity index (χ0n) is 18.8. The number of allylic oxidation sites excluding steroid dienone is 1. The summed E-state index contributed by atoms with van der Waals surface area (Å²) < 4.78 is 15.9. The van der Waals surface area contributed by atoms with E-state index < -0.39 is 5.82 Å². The van der Waals surface area contributed by atoms with E-state index in [1.54, 1.807) is 6.20 Å². The molecule has 4 nitrogen and oxygen atoms in total. The van der Waals surface area contributed by atoms with Gasteiger partial charge < -0.3 is 4.90 Å². The predicted octanol–water partition coefficient (Wildman–Crippen LogP) is 6.75. The average Bonchev–Trinajstić information content (AvgIpc) is 2.79. The van der Waals surface area contributed by atoms with Gasteiger partial charge in [0.05, 0.1) is 5.39 Å². The van der Waals surface area contributed by atoms with Gasteiger partial charge in [0.25, 0.3) is 0 Å². The van der Waals surface area contributed by atoms with Crippen molar-refractivity contribution < 1.29 is 4.39 Å². The summed E-state index contributed by atoms with van der Waals surface area (Å²) in [7, 11) is 0.